The van der Waals surface area contributed by atoms with Gasteiger partial charge < -0.3 is 4.74 Å². The van der Waals surface area contributed by atoms with E-state index in [1.807, 2.05) is 0 Å². The first kappa shape index (κ1) is 9.05. The summed E-state index contributed by atoms with van der Waals surface area (Å²) in [5.74, 6) is 0. The van der Waals surface area contributed by atoms with E-state index < -0.39 is 0 Å². The molecule has 0 N–H and O–H groups in total. The molecule has 1 heteroatoms. The van der Waals surface area contributed by atoms with Crippen molar-refractivity contribution in [3.63, 3.8) is 0 Å². The highest BCUT2D eigenvalue weighted by Crippen LogP contribution is 2.21. The van der Waals surface area contributed by atoms with E-state index in [2.05, 4.69) is 13.8 Å². The van der Waals surface area contributed by atoms with Gasteiger partial charge in [-0.3, -0.25) is 0 Å². The van der Waals surface area contributed by atoms with Gasteiger partial charge in [-0.1, -0.05) is 26.2 Å². The van der Waals surface area contributed by atoms with Gasteiger partial charge in [-0.2, -0.15) is 0 Å². The molecule has 1 saturated carbocycles. The standard InChI is InChI=1S/C10H19O/c1-3-9(2)11-10-7-5-4-6-8-10/h9-10H,1,3-8H2,2H3. The third-order valence-electron chi connectivity index (χ3n) is 2.38. The van der Waals surface area contributed by atoms with Crippen LogP contribution in [0.3, 0.4) is 0 Å². The van der Waals surface area contributed by atoms with Crippen LogP contribution in [0.4, 0.5) is 0 Å². The van der Waals surface area contributed by atoms with Gasteiger partial charge in [0, 0.05) is 0 Å². The smallest absolute Gasteiger partial charge is 0.0578 e. The van der Waals surface area contributed by atoms with Crippen molar-refractivity contribution in [3.05, 3.63) is 6.92 Å². The van der Waals surface area contributed by atoms with Crippen molar-refractivity contribution in [3.8, 4) is 0 Å². The van der Waals surface area contributed by atoms with Crippen LogP contribution in [0.2, 0.25) is 0 Å². The molecule has 1 atom stereocenters. The number of hydrogen-bond donors (Lipinski definition) is 0. The Morgan fingerprint density at radius 2 is 2.00 bits per heavy atom. The van der Waals surface area contributed by atoms with Crippen molar-refractivity contribution in [1.29, 1.82) is 0 Å². The molecule has 0 bridgehead atoms. The van der Waals surface area contributed by atoms with Crippen LogP contribution in [0.1, 0.15) is 45.4 Å². The van der Waals surface area contributed by atoms with Crippen LogP contribution in [-0.2, 0) is 4.74 Å². The van der Waals surface area contributed by atoms with Gasteiger partial charge >= 0.3 is 0 Å². The SMILES string of the molecule is [CH2]CC(C)OC1CCCCC1. The molecule has 1 fully saturated rings. The summed E-state index contributed by atoms with van der Waals surface area (Å²) in [5, 5.41) is 0. The third kappa shape index (κ3) is 3.24. The summed E-state index contributed by atoms with van der Waals surface area (Å²) in [4.78, 5) is 0. The molecule has 1 aliphatic carbocycles. The number of rotatable bonds is 3. The lowest BCUT2D eigenvalue weighted by molar-refractivity contribution is -0.0193. The number of ether oxygens (including phenoxy) is 1. The minimum Gasteiger partial charge on any atom is -0.375 e. The van der Waals surface area contributed by atoms with Gasteiger partial charge in [-0.25, -0.2) is 0 Å². The Morgan fingerprint density at radius 3 is 2.55 bits per heavy atom. The van der Waals surface area contributed by atoms with Crippen molar-refractivity contribution in [1.82, 2.24) is 0 Å². The van der Waals surface area contributed by atoms with Crippen LogP contribution in [0.15, 0.2) is 0 Å². The van der Waals surface area contributed by atoms with Gasteiger partial charge in [0.1, 0.15) is 0 Å². The minimum absolute atomic E-state index is 0.359. The summed E-state index contributed by atoms with van der Waals surface area (Å²) in [6, 6.07) is 0. The summed E-state index contributed by atoms with van der Waals surface area (Å²) in [6.45, 7) is 5.94. The molecule has 0 aromatic heterocycles. The third-order valence-corrected chi connectivity index (χ3v) is 2.38. The monoisotopic (exact) mass is 155 g/mol. The zero-order chi connectivity index (χ0) is 8.10. The Hall–Kier alpha value is -0.0400. The molecule has 1 unspecified atom stereocenters. The normalized spacial score (nSPS) is 23.5. The van der Waals surface area contributed by atoms with E-state index >= 15 is 0 Å². The predicted octanol–water partition coefficient (Wildman–Crippen LogP) is 2.95. The molecule has 1 nitrogen and oxygen atoms in total. The number of hydrogen-bond acceptors (Lipinski definition) is 1. The van der Waals surface area contributed by atoms with E-state index in [-0.39, 0.29) is 0 Å². The average Bonchev–Trinajstić information content (AvgIpc) is 2.06. The topological polar surface area (TPSA) is 9.23 Å². The first-order chi connectivity index (χ1) is 5.33. The maximum absolute atomic E-state index is 5.78. The van der Waals surface area contributed by atoms with Gasteiger partial charge in [0.05, 0.1) is 12.2 Å². The van der Waals surface area contributed by atoms with Crippen LogP contribution in [0, 0.1) is 6.92 Å². The Labute approximate surface area is 70.1 Å². The minimum atomic E-state index is 0.359. The molecular formula is C10H19O. The fraction of sp³-hybridized carbons (Fsp3) is 0.900. The summed E-state index contributed by atoms with van der Waals surface area (Å²) in [6.07, 6.45) is 8.45. The maximum Gasteiger partial charge on any atom is 0.0578 e. The zero-order valence-electron chi connectivity index (χ0n) is 7.51. The Bertz CT molecular complexity index is 95.0. The van der Waals surface area contributed by atoms with Crippen molar-refractivity contribution in [2.75, 3.05) is 0 Å². The van der Waals surface area contributed by atoms with Crippen LogP contribution < -0.4 is 0 Å². The lowest BCUT2D eigenvalue weighted by Gasteiger charge is -2.25. The van der Waals surface area contributed by atoms with E-state index in [1.165, 1.54) is 32.1 Å². The Balaban J connectivity index is 2.13. The Morgan fingerprint density at radius 1 is 1.36 bits per heavy atom. The molecule has 0 aliphatic heterocycles. The van der Waals surface area contributed by atoms with Crippen molar-refractivity contribution < 1.29 is 4.74 Å². The molecule has 0 amide bonds. The zero-order valence-corrected chi connectivity index (χ0v) is 7.51. The second-order valence-corrected chi connectivity index (χ2v) is 3.50. The van der Waals surface area contributed by atoms with Gasteiger partial charge in [-0.15, -0.1) is 0 Å². The molecule has 1 aliphatic rings. The van der Waals surface area contributed by atoms with Gasteiger partial charge in [-0.05, 0) is 26.2 Å². The fourth-order valence-corrected chi connectivity index (χ4v) is 1.60. The summed E-state index contributed by atoms with van der Waals surface area (Å²) < 4.78 is 5.78. The molecule has 0 heterocycles. The molecule has 0 aromatic rings. The van der Waals surface area contributed by atoms with Crippen molar-refractivity contribution in [2.24, 2.45) is 0 Å². The second-order valence-electron chi connectivity index (χ2n) is 3.50. The summed E-state index contributed by atoms with van der Waals surface area (Å²) in [7, 11) is 0. The maximum atomic E-state index is 5.78. The molecular weight excluding hydrogens is 136 g/mol. The second kappa shape index (κ2) is 4.76. The predicted molar refractivity (Wildman–Crippen MR) is 47.4 cm³/mol. The summed E-state index contributed by atoms with van der Waals surface area (Å²) >= 11 is 0. The van der Waals surface area contributed by atoms with Gasteiger partial charge in [0.25, 0.3) is 0 Å². The van der Waals surface area contributed by atoms with Gasteiger partial charge in [0.2, 0.25) is 0 Å². The molecule has 0 saturated heterocycles. The Kier molecular flexibility index (Phi) is 3.92. The van der Waals surface area contributed by atoms with E-state index in [0.29, 0.717) is 12.2 Å². The lowest BCUT2D eigenvalue weighted by Crippen LogP contribution is -2.21. The fourth-order valence-electron chi connectivity index (χ4n) is 1.60. The van der Waals surface area contributed by atoms with E-state index in [4.69, 9.17) is 4.74 Å². The van der Waals surface area contributed by atoms with Crippen LogP contribution in [0.5, 0.6) is 0 Å². The highest BCUT2D eigenvalue weighted by molar-refractivity contribution is 4.67. The highest BCUT2D eigenvalue weighted by atomic mass is 16.5. The molecule has 0 aromatic carbocycles. The summed E-state index contributed by atoms with van der Waals surface area (Å²) in [5.41, 5.74) is 0. The molecule has 1 rings (SSSR count). The molecule has 65 valence electrons. The highest BCUT2D eigenvalue weighted by Gasteiger charge is 2.15. The van der Waals surface area contributed by atoms with Crippen LogP contribution in [-0.4, -0.2) is 12.2 Å². The first-order valence-electron chi connectivity index (χ1n) is 4.77. The van der Waals surface area contributed by atoms with Gasteiger partial charge in [0.15, 0.2) is 0 Å². The van der Waals surface area contributed by atoms with Crippen LogP contribution in [0.25, 0.3) is 0 Å². The van der Waals surface area contributed by atoms with Crippen LogP contribution >= 0.6 is 0 Å². The lowest BCUT2D eigenvalue weighted by atomic mass is 9.97. The average molecular weight is 155 g/mol. The van der Waals surface area contributed by atoms with Crippen molar-refractivity contribution >= 4 is 0 Å². The molecule has 1 radical (unpaired) electrons. The van der Waals surface area contributed by atoms with E-state index in [1.54, 1.807) is 0 Å². The quantitative estimate of drug-likeness (QED) is 0.609. The first-order valence-corrected chi connectivity index (χ1v) is 4.77. The molecule has 11 heavy (non-hydrogen) atoms. The van der Waals surface area contributed by atoms with E-state index in [9.17, 15) is 0 Å². The largest absolute Gasteiger partial charge is 0.375 e. The van der Waals surface area contributed by atoms with Crippen molar-refractivity contribution in [2.45, 2.75) is 57.7 Å². The molecule has 0 spiro atoms. The van der Waals surface area contributed by atoms with E-state index in [0.717, 1.165) is 6.42 Å².